The first-order valence-corrected chi connectivity index (χ1v) is 6.66. The fourth-order valence-corrected chi connectivity index (χ4v) is 2.89. The Labute approximate surface area is 101 Å². The van der Waals surface area contributed by atoms with Crippen molar-refractivity contribution in [2.24, 2.45) is 5.73 Å². The summed E-state index contributed by atoms with van der Waals surface area (Å²) in [5.41, 5.74) is 5.31. The van der Waals surface area contributed by atoms with Gasteiger partial charge < -0.3 is 5.73 Å². The van der Waals surface area contributed by atoms with Crippen LogP contribution in [0.3, 0.4) is 0 Å². The Kier molecular flexibility index (Phi) is 3.91. The fraction of sp³-hybridized carbons (Fsp3) is 0.455. The van der Waals surface area contributed by atoms with E-state index in [9.17, 15) is 12.8 Å². The highest BCUT2D eigenvalue weighted by Crippen LogP contribution is 2.18. The number of hydrogen-bond acceptors (Lipinski definition) is 3. The maximum Gasteiger partial charge on any atom is 0.243 e. The van der Waals surface area contributed by atoms with Gasteiger partial charge >= 0.3 is 0 Å². The van der Waals surface area contributed by atoms with Gasteiger partial charge in [0, 0.05) is 12.1 Å². The van der Waals surface area contributed by atoms with Crippen molar-refractivity contribution < 1.29 is 12.8 Å². The van der Waals surface area contributed by atoms with Crippen molar-refractivity contribution in [3.8, 4) is 0 Å². The summed E-state index contributed by atoms with van der Waals surface area (Å²) in [5, 5.41) is 0. The number of rotatable bonds is 3. The van der Waals surface area contributed by atoms with Gasteiger partial charge in [0.25, 0.3) is 0 Å². The van der Waals surface area contributed by atoms with Gasteiger partial charge in [0.2, 0.25) is 10.0 Å². The number of hydrogen-bond donors (Lipinski definition) is 2. The predicted octanol–water partition coefficient (Wildman–Crippen LogP) is 1.36. The molecule has 0 aliphatic rings. The lowest BCUT2D eigenvalue weighted by molar-refractivity contribution is 0.486. The van der Waals surface area contributed by atoms with Gasteiger partial charge in [0.15, 0.2) is 0 Å². The first-order valence-electron chi connectivity index (χ1n) is 5.18. The SMILES string of the molecule is CC(C)(C)NS(=O)(=O)c1cc(CN)ccc1F. The monoisotopic (exact) mass is 260 g/mol. The molecule has 0 spiro atoms. The molecular formula is C11H17FN2O2S. The van der Waals surface area contributed by atoms with Crippen molar-refractivity contribution in [3.05, 3.63) is 29.6 Å². The summed E-state index contributed by atoms with van der Waals surface area (Å²) < 4.78 is 39.8. The third kappa shape index (κ3) is 3.76. The summed E-state index contributed by atoms with van der Waals surface area (Å²) in [5.74, 6) is -0.779. The molecule has 0 saturated carbocycles. The number of sulfonamides is 1. The third-order valence-electron chi connectivity index (χ3n) is 1.96. The molecule has 0 radical (unpaired) electrons. The van der Waals surface area contributed by atoms with Crippen LogP contribution >= 0.6 is 0 Å². The second-order valence-electron chi connectivity index (χ2n) is 4.82. The topological polar surface area (TPSA) is 72.2 Å². The molecule has 1 aromatic carbocycles. The molecule has 0 atom stereocenters. The second kappa shape index (κ2) is 4.72. The summed E-state index contributed by atoms with van der Waals surface area (Å²) >= 11 is 0. The molecule has 1 aromatic rings. The highest BCUT2D eigenvalue weighted by atomic mass is 32.2. The molecule has 0 heterocycles. The zero-order valence-electron chi connectivity index (χ0n) is 10.1. The van der Waals surface area contributed by atoms with Gasteiger partial charge in [-0.2, -0.15) is 0 Å². The molecule has 17 heavy (non-hydrogen) atoms. The van der Waals surface area contributed by atoms with Gasteiger partial charge in [0.1, 0.15) is 10.7 Å². The van der Waals surface area contributed by atoms with E-state index in [4.69, 9.17) is 5.73 Å². The molecule has 1 rings (SSSR count). The van der Waals surface area contributed by atoms with Crippen molar-refractivity contribution >= 4 is 10.0 Å². The summed E-state index contributed by atoms with van der Waals surface area (Å²) in [6.45, 7) is 5.23. The number of benzene rings is 1. The maximum atomic E-state index is 13.5. The van der Waals surface area contributed by atoms with Gasteiger partial charge in [-0.05, 0) is 38.5 Å². The Balaban J connectivity index is 3.23. The van der Waals surface area contributed by atoms with Crippen LogP contribution in [-0.4, -0.2) is 14.0 Å². The summed E-state index contributed by atoms with van der Waals surface area (Å²) in [6, 6.07) is 3.83. The molecule has 0 aromatic heterocycles. The van der Waals surface area contributed by atoms with E-state index >= 15 is 0 Å². The van der Waals surface area contributed by atoms with E-state index in [1.807, 2.05) is 0 Å². The summed E-state index contributed by atoms with van der Waals surface area (Å²) in [4.78, 5) is -0.365. The van der Waals surface area contributed by atoms with Crippen molar-refractivity contribution in [2.75, 3.05) is 0 Å². The van der Waals surface area contributed by atoms with E-state index in [1.54, 1.807) is 20.8 Å². The first-order chi connectivity index (χ1) is 7.65. The smallest absolute Gasteiger partial charge is 0.243 e. The van der Waals surface area contributed by atoms with Gasteiger partial charge in [-0.1, -0.05) is 6.07 Å². The zero-order valence-corrected chi connectivity index (χ0v) is 10.9. The van der Waals surface area contributed by atoms with Crippen LogP contribution in [0.25, 0.3) is 0 Å². The molecule has 6 heteroatoms. The first kappa shape index (κ1) is 14.1. The molecule has 0 aliphatic heterocycles. The van der Waals surface area contributed by atoms with Crippen LogP contribution in [0.15, 0.2) is 23.1 Å². The van der Waals surface area contributed by atoms with Crippen LogP contribution in [0.5, 0.6) is 0 Å². The molecule has 0 saturated heterocycles. The Bertz CT molecular complexity index is 507. The van der Waals surface area contributed by atoms with Crippen molar-refractivity contribution in [1.82, 2.24) is 4.72 Å². The lowest BCUT2D eigenvalue weighted by Gasteiger charge is -2.20. The minimum atomic E-state index is -3.86. The minimum Gasteiger partial charge on any atom is -0.326 e. The average Bonchev–Trinajstić information content (AvgIpc) is 2.14. The molecule has 0 fully saturated rings. The van der Waals surface area contributed by atoms with E-state index in [-0.39, 0.29) is 11.4 Å². The summed E-state index contributed by atoms with van der Waals surface area (Å²) in [7, 11) is -3.86. The number of nitrogens with one attached hydrogen (secondary N) is 1. The van der Waals surface area contributed by atoms with Crippen LogP contribution in [-0.2, 0) is 16.6 Å². The largest absolute Gasteiger partial charge is 0.326 e. The Morgan fingerprint density at radius 1 is 1.35 bits per heavy atom. The third-order valence-corrected chi connectivity index (χ3v) is 3.73. The lowest BCUT2D eigenvalue weighted by atomic mass is 10.1. The number of halogens is 1. The normalized spacial score (nSPS) is 12.8. The van der Waals surface area contributed by atoms with Crippen molar-refractivity contribution in [2.45, 2.75) is 37.8 Å². The molecule has 0 bridgehead atoms. The van der Waals surface area contributed by atoms with Crippen LogP contribution in [0.2, 0.25) is 0 Å². The van der Waals surface area contributed by atoms with Gasteiger partial charge in [-0.15, -0.1) is 0 Å². The minimum absolute atomic E-state index is 0.165. The van der Waals surface area contributed by atoms with Crippen LogP contribution < -0.4 is 10.5 Å². The quantitative estimate of drug-likeness (QED) is 0.862. The van der Waals surface area contributed by atoms with Crippen molar-refractivity contribution in [1.29, 1.82) is 0 Å². The van der Waals surface area contributed by atoms with Gasteiger partial charge in [-0.25, -0.2) is 17.5 Å². The van der Waals surface area contributed by atoms with Gasteiger partial charge in [-0.3, -0.25) is 0 Å². The van der Waals surface area contributed by atoms with Crippen LogP contribution in [0.4, 0.5) is 4.39 Å². The molecule has 4 nitrogen and oxygen atoms in total. The number of nitrogens with two attached hydrogens (primary N) is 1. The highest BCUT2D eigenvalue weighted by Gasteiger charge is 2.25. The second-order valence-corrected chi connectivity index (χ2v) is 6.48. The Hall–Kier alpha value is -0.980. The molecule has 0 unspecified atom stereocenters. The van der Waals surface area contributed by atoms with E-state index in [1.165, 1.54) is 12.1 Å². The Morgan fingerprint density at radius 2 is 1.94 bits per heavy atom. The van der Waals surface area contributed by atoms with E-state index in [0.717, 1.165) is 6.07 Å². The Morgan fingerprint density at radius 3 is 2.41 bits per heavy atom. The van der Waals surface area contributed by atoms with Crippen LogP contribution in [0, 0.1) is 5.82 Å². The highest BCUT2D eigenvalue weighted by molar-refractivity contribution is 7.89. The van der Waals surface area contributed by atoms with E-state index < -0.39 is 21.4 Å². The lowest BCUT2D eigenvalue weighted by Crippen LogP contribution is -2.40. The van der Waals surface area contributed by atoms with E-state index in [2.05, 4.69) is 4.72 Å². The van der Waals surface area contributed by atoms with Gasteiger partial charge in [0.05, 0.1) is 0 Å². The molecular weight excluding hydrogens is 243 g/mol. The fourth-order valence-electron chi connectivity index (χ4n) is 1.34. The molecule has 0 aliphatic carbocycles. The average molecular weight is 260 g/mol. The standard InChI is InChI=1S/C11H17FN2O2S/c1-11(2,3)14-17(15,16)10-6-8(7-13)4-5-9(10)12/h4-6,14H,7,13H2,1-3H3. The molecule has 0 amide bonds. The van der Waals surface area contributed by atoms with E-state index in [0.29, 0.717) is 5.56 Å². The maximum absolute atomic E-state index is 13.5. The summed E-state index contributed by atoms with van der Waals surface area (Å²) in [6.07, 6.45) is 0. The molecule has 3 N–H and O–H groups in total. The zero-order chi connectivity index (χ0) is 13.3. The molecule has 96 valence electrons. The van der Waals surface area contributed by atoms with Crippen molar-refractivity contribution in [3.63, 3.8) is 0 Å². The van der Waals surface area contributed by atoms with Crippen LogP contribution in [0.1, 0.15) is 26.3 Å². The predicted molar refractivity (Wildman–Crippen MR) is 64.4 cm³/mol.